The Balaban J connectivity index is 1.69. The van der Waals surface area contributed by atoms with Crippen molar-refractivity contribution >= 4 is 27.8 Å². The van der Waals surface area contributed by atoms with Gasteiger partial charge in [-0.3, -0.25) is 4.21 Å². The summed E-state index contributed by atoms with van der Waals surface area (Å²) in [5.74, 6) is -0.944. The molecule has 1 N–H and O–H groups in total. The minimum Gasteiger partial charge on any atom is -0.478 e. The average molecular weight is 340 g/mol. The van der Waals surface area contributed by atoms with Crippen molar-refractivity contribution in [2.75, 3.05) is 0 Å². The van der Waals surface area contributed by atoms with E-state index >= 15 is 0 Å². The third-order valence-electron chi connectivity index (χ3n) is 4.48. The van der Waals surface area contributed by atoms with Gasteiger partial charge in [0.25, 0.3) is 0 Å². The number of carboxylic acids is 1. The molecule has 4 rings (SSSR count). The Morgan fingerprint density at radius 3 is 2.58 bits per heavy atom. The molecule has 0 radical (unpaired) electrons. The standard InChI is InChI=1S/C18H16N2O3S/c21-18(22)12-4-6-14(7-5-12)20-9-8-13-10-16(11-19-17(13)20)24(23)15-2-1-3-15/h4-11,15H,1-3H2,(H,21,22)/t24-/m0/s1. The van der Waals surface area contributed by atoms with Gasteiger partial charge in [-0.1, -0.05) is 6.42 Å². The first-order valence-corrected chi connectivity index (χ1v) is 9.06. The first-order valence-electron chi connectivity index (χ1n) is 7.85. The third-order valence-corrected chi connectivity index (χ3v) is 6.25. The molecule has 1 atom stereocenters. The first-order chi connectivity index (χ1) is 11.6. The van der Waals surface area contributed by atoms with Crippen LogP contribution < -0.4 is 0 Å². The van der Waals surface area contributed by atoms with Crippen LogP contribution in [0.25, 0.3) is 16.7 Å². The van der Waals surface area contributed by atoms with E-state index in [2.05, 4.69) is 4.98 Å². The molecule has 0 spiro atoms. The molecule has 122 valence electrons. The highest BCUT2D eigenvalue weighted by molar-refractivity contribution is 7.85. The number of rotatable bonds is 4. The molecule has 2 heterocycles. The van der Waals surface area contributed by atoms with Crippen LogP contribution >= 0.6 is 0 Å². The van der Waals surface area contributed by atoms with Crippen LogP contribution in [0, 0.1) is 0 Å². The van der Waals surface area contributed by atoms with Gasteiger partial charge in [0.2, 0.25) is 0 Å². The van der Waals surface area contributed by atoms with E-state index in [9.17, 15) is 9.00 Å². The molecule has 6 heteroatoms. The van der Waals surface area contributed by atoms with Gasteiger partial charge < -0.3 is 9.67 Å². The van der Waals surface area contributed by atoms with Crippen molar-refractivity contribution in [2.45, 2.75) is 29.4 Å². The summed E-state index contributed by atoms with van der Waals surface area (Å²) in [6.45, 7) is 0. The predicted molar refractivity (Wildman–Crippen MR) is 92.1 cm³/mol. The Kier molecular flexibility index (Phi) is 3.69. The van der Waals surface area contributed by atoms with E-state index in [0.717, 1.165) is 40.9 Å². The lowest BCUT2D eigenvalue weighted by atomic mass is 10.0. The molecule has 1 saturated carbocycles. The van der Waals surface area contributed by atoms with Crippen molar-refractivity contribution in [3.05, 3.63) is 54.4 Å². The number of nitrogens with zero attached hydrogens (tertiary/aromatic N) is 2. The highest BCUT2D eigenvalue weighted by Gasteiger charge is 2.25. The Hall–Kier alpha value is -2.47. The van der Waals surface area contributed by atoms with E-state index < -0.39 is 16.8 Å². The highest BCUT2D eigenvalue weighted by Crippen LogP contribution is 2.29. The lowest BCUT2D eigenvalue weighted by Crippen LogP contribution is -2.23. The topological polar surface area (TPSA) is 72.2 Å². The van der Waals surface area contributed by atoms with Crippen LogP contribution in [0.15, 0.2) is 53.7 Å². The second-order valence-corrected chi connectivity index (χ2v) is 7.70. The van der Waals surface area contributed by atoms with E-state index in [1.165, 1.54) is 0 Å². The molecule has 1 aromatic carbocycles. The number of fused-ring (bicyclic) bond motifs is 1. The SMILES string of the molecule is O=C(O)c1ccc(-n2ccc3cc([S@@](=O)C4CCC4)cnc32)cc1. The zero-order chi connectivity index (χ0) is 16.7. The molecule has 0 amide bonds. The Bertz CT molecular complexity index is 943. The molecule has 5 nitrogen and oxygen atoms in total. The van der Waals surface area contributed by atoms with Crippen LogP contribution in [0.5, 0.6) is 0 Å². The normalized spacial score (nSPS) is 16.0. The molecule has 3 aromatic rings. The lowest BCUT2D eigenvalue weighted by Gasteiger charge is -2.24. The molecular formula is C18H16N2O3S. The fourth-order valence-electron chi connectivity index (χ4n) is 2.86. The summed E-state index contributed by atoms with van der Waals surface area (Å²) in [5.41, 5.74) is 1.86. The lowest BCUT2D eigenvalue weighted by molar-refractivity contribution is 0.0697. The van der Waals surface area contributed by atoms with Crippen molar-refractivity contribution < 1.29 is 14.1 Å². The second-order valence-electron chi connectivity index (χ2n) is 5.97. The Labute approximate surface area is 141 Å². The van der Waals surface area contributed by atoms with Gasteiger partial charge in [0, 0.05) is 28.7 Å². The van der Waals surface area contributed by atoms with E-state index in [-0.39, 0.29) is 10.8 Å². The van der Waals surface area contributed by atoms with Crippen molar-refractivity contribution in [1.82, 2.24) is 9.55 Å². The van der Waals surface area contributed by atoms with Crippen LogP contribution in [0.4, 0.5) is 0 Å². The van der Waals surface area contributed by atoms with Crippen LogP contribution in [0.2, 0.25) is 0 Å². The van der Waals surface area contributed by atoms with E-state index in [1.807, 2.05) is 22.9 Å². The molecule has 0 unspecified atom stereocenters. The van der Waals surface area contributed by atoms with Crippen molar-refractivity contribution in [2.24, 2.45) is 0 Å². The van der Waals surface area contributed by atoms with Crippen molar-refractivity contribution in [1.29, 1.82) is 0 Å². The Morgan fingerprint density at radius 1 is 1.21 bits per heavy atom. The summed E-state index contributed by atoms with van der Waals surface area (Å²) >= 11 is 0. The van der Waals surface area contributed by atoms with Gasteiger partial charge in [0.15, 0.2) is 0 Å². The van der Waals surface area contributed by atoms with Gasteiger partial charge in [-0.05, 0) is 49.2 Å². The maximum Gasteiger partial charge on any atom is 0.335 e. The summed E-state index contributed by atoms with van der Waals surface area (Å²) in [4.78, 5) is 16.2. The number of aromatic carboxylic acids is 1. The number of pyridine rings is 1. The molecule has 0 bridgehead atoms. The number of carbonyl (C=O) groups is 1. The molecule has 0 saturated heterocycles. The Morgan fingerprint density at radius 2 is 1.96 bits per heavy atom. The first kappa shape index (κ1) is 15.1. The zero-order valence-corrected chi connectivity index (χ0v) is 13.7. The van der Waals surface area contributed by atoms with E-state index in [0.29, 0.717) is 0 Å². The minimum atomic E-state index is -0.978. The van der Waals surface area contributed by atoms with Crippen LogP contribution in [-0.4, -0.2) is 30.1 Å². The summed E-state index contributed by atoms with van der Waals surface area (Å²) < 4.78 is 14.4. The van der Waals surface area contributed by atoms with E-state index in [4.69, 9.17) is 5.11 Å². The fraction of sp³-hybridized carbons (Fsp3) is 0.222. The quantitative estimate of drug-likeness (QED) is 0.790. The predicted octanol–water partition coefficient (Wildman–Crippen LogP) is 3.38. The molecular weight excluding hydrogens is 324 g/mol. The fourth-order valence-corrected chi connectivity index (χ4v) is 4.41. The van der Waals surface area contributed by atoms with Gasteiger partial charge in [-0.15, -0.1) is 0 Å². The average Bonchev–Trinajstić information content (AvgIpc) is 2.96. The van der Waals surface area contributed by atoms with Crippen LogP contribution in [-0.2, 0) is 10.8 Å². The molecule has 2 aromatic heterocycles. The largest absolute Gasteiger partial charge is 0.478 e. The summed E-state index contributed by atoms with van der Waals surface area (Å²) in [6, 6.07) is 10.5. The van der Waals surface area contributed by atoms with Gasteiger partial charge in [0.05, 0.1) is 21.3 Å². The maximum atomic E-state index is 12.5. The van der Waals surface area contributed by atoms with Gasteiger partial charge >= 0.3 is 5.97 Å². The van der Waals surface area contributed by atoms with Crippen molar-refractivity contribution in [3.8, 4) is 5.69 Å². The summed E-state index contributed by atoms with van der Waals surface area (Å²) in [7, 11) is -0.978. The summed E-state index contributed by atoms with van der Waals surface area (Å²) in [6.07, 6.45) is 6.81. The minimum absolute atomic E-state index is 0.251. The molecule has 0 aliphatic heterocycles. The van der Waals surface area contributed by atoms with Crippen molar-refractivity contribution in [3.63, 3.8) is 0 Å². The monoisotopic (exact) mass is 340 g/mol. The van der Waals surface area contributed by atoms with Crippen LogP contribution in [0.1, 0.15) is 29.6 Å². The highest BCUT2D eigenvalue weighted by atomic mass is 32.2. The smallest absolute Gasteiger partial charge is 0.335 e. The van der Waals surface area contributed by atoms with Crippen LogP contribution in [0.3, 0.4) is 0 Å². The molecule has 24 heavy (non-hydrogen) atoms. The number of hydrogen-bond acceptors (Lipinski definition) is 3. The summed E-state index contributed by atoms with van der Waals surface area (Å²) in [5, 5.41) is 10.2. The van der Waals surface area contributed by atoms with Gasteiger partial charge in [0.1, 0.15) is 5.65 Å². The third kappa shape index (κ3) is 2.53. The number of aromatic nitrogens is 2. The number of carboxylic acid groups (broad SMARTS) is 1. The second kappa shape index (κ2) is 5.87. The number of benzene rings is 1. The molecule has 1 aliphatic rings. The molecule has 1 aliphatic carbocycles. The van der Waals surface area contributed by atoms with Gasteiger partial charge in [-0.2, -0.15) is 0 Å². The number of hydrogen-bond donors (Lipinski definition) is 1. The molecule has 1 fully saturated rings. The van der Waals surface area contributed by atoms with E-state index in [1.54, 1.807) is 30.5 Å². The maximum absolute atomic E-state index is 12.5. The van der Waals surface area contributed by atoms with Gasteiger partial charge in [-0.25, -0.2) is 9.78 Å². The zero-order valence-electron chi connectivity index (χ0n) is 12.9.